The number of hydrogen-bond donors (Lipinski definition) is 3. The van der Waals surface area contributed by atoms with Crippen molar-refractivity contribution in [3.05, 3.63) is 59.3 Å². The molecule has 0 amide bonds. The fraction of sp³-hybridized carbons (Fsp3) is 0.278. The van der Waals surface area contributed by atoms with Gasteiger partial charge in [0.05, 0.1) is 11.7 Å². The van der Waals surface area contributed by atoms with Crippen molar-refractivity contribution in [2.75, 3.05) is 6.54 Å². The first-order valence-corrected chi connectivity index (χ1v) is 7.77. The van der Waals surface area contributed by atoms with E-state index in [0.717, 1.165) is 42.3 Å². The summed E-state index contributed by atoms with van der Waals surface area (Å²) in [5.74, 6) is 0.423. The summed E-state index contributed by atoms with van der Waals surface area (Å²) in [5, 5.41) is 21.9. The number of nitrogens with zero attached hydrogens (tertiary/aromatic N) is 1. The number of benzene rings is 2. The maximum Gasteiger partial charge on any atom is 0.120 e. The number of aromatic hydroxyl groups is 1. The normalized spacial score (nSPS) is 17.0. The van der Waals surface area contributed by atoms with E-state index in [0.29, 0.717) is 5.75 Å². The maximum absolute atomic E-state index is 10.1. The number of phenols is 1. The summed E-state index contributed by atoms with van der Waals surface area (Å²) in [4.78, 5) is 0. The number of hydrogen-bond acceptors (Lipinski definition) is 3. The van der Waals surface area contributed by atoms with Crippen LogP contribution in [0.3, 0.4) is 0 Å². The Morgan fingerprint density at radius 1 is 1.27 bits per heavy atom. The van der Waals surface area contributed by atoms with Crippen LogP contribution in [0.4, 0.5) is 0 Å². The Hall–Kier alpha value is -2.33. The van der Waals surface area contributed by atoms with Crippen LogP contribution in [-0.4, -0.2) is 21.8 Å². The standard InChI is InChI=1S/C18H19N3O/c22-17-3-1-2-13-6-7-15(18(13)17)19-9-8-12-4-5-14-11-20-21-16(14)10-12/h1-5,10-11,15,19,22H,6-9H2,(H,20,21). The van der Waals surface area contributed by atoms with Crippen LogP contribution in [0.2, 0.25) is 0 Å². The molecule has 1 atom stereocenters. The van der Waals surface area contributed by atoms with Gasteiger partial charge in [0.15, 0.2) is 0 Å². The van der Waals surface area contributed by atoms with Crippen molar-refractivity contribution in [2.24, 2.45) is 0 Å². The smallest absolute Gasteiger partial charge is 0.120 e. The molecule has 4 heteroatoms. The van der Waals surface area contributed by atoms with Gasteiger partial charge in [-0.2, -0.15) is 5.10 Å². The van der Waals surface area contributed by atoms with E-state index < -0.39 is 0 Å². The molecule has 0 spiro atoms. The molecule has 1 aromatic heterocycles. The van der Waals surface area contributed by atoms with Gasteiger partial charge in [-0.05, 0) is 49.1 Å². The van der Waals surface area contributed by atoms with E-state index in [9.17, 15) is 5.11 Å². The first-order chi connectivity index (χ1) is 10.8. The molecule has 0 fully saturated rings. The molecule has 4 rings (SSSR count). The number of phenolic OH excluding ortho intramolecular Hbond substituents is 1. The van der Waals surface area contributed by atoms with E-state index in [1.54, 1.807) is 6.07 Å². The quantitative estimate of drug-likeness (QED) is 0.693. The molecule has 2 aromatic carbocycles. The van der Waals surface area contributed by atoms with E-state index in [4.69, 9.17) is 0 Å². The molecule has 0 bridgehead atoms. The molecule has 0 saturated heterocycles. The molecule has 112 valence electrons. The second-order valence-electron chi connectivity index (χ2n) is 5.94. The van der Waals surface area contributed by atoms with Gasteiger partial charge in [0.25, 0.3) is 0 Å². The maximum atomic E-state index is 10.1. The van der Waals surface area contributed by atoms with E-state index in [-0.39, 0.29) is 6.04 Å². The molecule has 3 aromatic rings. The lowest BCUT2D eigenvalue weighted by molar-refractivity contribution is 0.449. The monoisotopic (exact) mass is 293 g/mol. The number of fused-ring (bicyclic) bond motifs is 2. The van der Waals surface area contributed by atoms with Gasteiger partial charge in [0.2, 0.25) is 0 Å². The second-order valence-corrected chi connectivity index (χ2v) is 5.94. The van der Waals surface area contributed by atoms with Gasteiger partial charge in [-0.15, -0.1) is 0 Å². The Kier molecular flexibility index (Phi) is 3.31. The third kappa shape index (κ3) is 2.35. The zero-order valence-corrected chi connectivity index (χ0v) is 12.3. The molecule has 1 heterocycles. The fourth-order valence-electron chi connectivity index (χ4n) is 3.40. The summed E-state index contributed by atoms with van der Waals surface area (Å²) >= 11 is 0. The number of H-pyrrole nitrogens is 1. The summed E-state index contributed by atoms with van der Waals surface area (Å²) in [5.41, 5.74) is 4.74. The topological polar surface area (TPSA) is 60.9 Å². The van der Waals surface area contributed by atoms with Crippen LogP contribution in [0.1, 0.15) is 29.2 Å². The highest BCUT2D eigenvalue weighted by molar-refractivity contribution is 5.78. The molecular formula is C18H19N3O. The van der Waals surface area contributed by atoms with Crippen LogP contribution >= 0.6 is 0 Å². The van der Waals surface area contributed by atoms with Gasteiger partial charge in [-0.1, -0.05) is 24.3 Å². The Morgan fingerprint density at radius 2 is 2.23 bits per heavy atom. The van der Waals surface area contributed by atoms with Gasteiger partial charge in [0.1, 0.15) is 5.75 Å². The van der Waals surface area contributed by atoms with Crippen molar-refractivity contribution >= 4 is 10.9 Å². The SMILES string of the molecule is Oc1cccc2c1C(NCCc1ccc3cn[nH]c3c1)CC2. The molecule has 1 unspecified atom stereocenters. The van der Waals surface area contributed by atoms with Crippen LogP contribution in [-0.2, 0) is 12.8 Å². The highest BCUT2D eigenvalue weighted by Gasteiger charge is 2.24. The predicted molar refractivity (Wildman–Crippen MR) is 87.0 cm³/mol. The van der Waals surface area contributed by atoms with Crippen molar-refractivity contribution in [3.63, 3.8) is 0 Å². The summed E-state index contributed by atoms with van der Waals surface area (Å²) in [6, 6.07) is 12.5. The Morgan fingerprint density at radius 3 is 3.18 bits per heavy atom. The lowest BCUT2D eigenvalue weighted by Crippen LogP contribution is -2.22. The number of nitrogens with one attached hydrogen (secondary N) is 2. The van der Waals surface area contributed by atoms with Crippen molar-refractivity contribution in [1.82, 2.24) is 15.5 Å². The van der Waals surface area contributed by atoms with E-state index in [2.05, 4.69) is 39.8 Å². The van der Waals surface area contributed by atoms with Crippen LogP contribution < -0.4 is 5.32 Å². The molecule has 4 nitrogen and oxygen atoms in total. The van der Waals surface area contributed by atoms with Crippen LogP contribution in [0.15, 0.2) is 42.6 Å². The first-order valence-electron chi connectivity index (χ1n) is 7.77. The summed E-state index contributed by atoms with van der Waals surface area (Å²) in [6.07, 6.45) is 4.91. The first kappa shape index (κ1) is 13.3. The molecule has 0 saturated carbocycles. The lowest BCUT2D eigenvalue weighted by atomic mass is 10.1. The van der Waals surface area contributed by atoms with Crippen molar-refractivity contribution in [1.29, 1.82) is 0 Å². The van der Waals surface area contributed by atoms with Crippen molar-refractivity contribution in [2.45, 2.75) is 25.3 Å². The Balaban J connectivity index is 1.42. The highest BCUT2D eigenvalue weighted by atomic mass is 16.3. The van der Waals surface area contributed by atoms with Gasteiger partial charge in [0, 0.05) is 17.0 Å². The third-order valence-electron chi connectivity index (χ3n) is 4.53. The molecule has 1 aliphatic rings. The molecular weight excluding hydrogens is 274 g/mol. The van der Waals surface area contributed by atoms with E-state index in [1.807, 2.05) is 12.3 Å². The zero-order chi connectivity index (χ0) is 14.9. The molecule has 0 radical (unpaired) electrons. The lowest BCUT2D eigenvalue weighted by Gasteiger charge is -2.15. The summed E-state index contributed by atoms with van der Waals surface area (Å²) in [6.45, 7) is 0.901. The highest BCUT2D eigenvalue weighted by Crippen LogP contribution is 2.37. The minimum absolute atomic E-state index is 0.270. The van der Waals surface area contributed by atoms with Crippen molar-refractivity contribution in [3.8, 4) is 5.75 Å². The summed E-state index contributed by atoms with van der Waals surface area (Å²) < 4.78 is 0. The van der Waals surface area contributed by atoms with Gasteiger partial charge in [-0.3, -0.25) is 5.10 Å². The number of aromatic amines is 1. The molecule has 22 heavy (non-hydrogen) atoms. The van der Waals surface area contributed by atoms with Gasteiger partial charge >= 0.3 is 0 Å². The number of aryl methyl sites for hydroxylation is 1. The van der Waals surface area contributed by atoms with E-state index in [1.165, 1.54) is 11.1 Å². The third-order valence-corrected chi connectivity index (χ3v) is 4.53. The van der Waals surface area contributed by atoms with Crippen LogP contribution in [0.5, 0.6) is 5.75 Å². The predicted octanol–water partition coefficient (Wildman–Crippen LogP) is 3.09. The molecule has 0 aliphatic heterocycles. The number of rotatable bonds is 4. The second kappa shape index (κ2) is 5.46. The molecule has 3 N–H and O–H groups in total. The van der Waals surface area contributed by atoms with Gasteiger partial charge < -0.3 is 10.4 Å². The van der Waals surface area contributed by atoms with Crippen molar-refractivity contribution < 1.29 is 5.11 Å². The van der Waals surface area contributed by atoms with E-state index >= 15 is 0 Å². The fourth-order valence-corrected chi connectivity index (χ4v) is 3.40. The minimum Gasteiger partial charge on any atom is -0.508 e. The van der Waals surface area contributed by atoms with Crippen LogP contribution in [0, 0.1) is 0 Å². The average Bonchev–Trinajstić information content (AvgIpc) is 3.14. The minimum atomic E-state index is 0.270. The molecule has 1 aliphatic carbocycles. The van der Waals surface area contributed by atoms with Crippen LogP contribution in [0.25, 0.3) is 10.9 Å². The van der Waals surface area contributed by atoms with Gasteiger partial charge in [-0.25, -0.2) is 0 Å². The summed E-state index contributed by atoms with van der Waals surface area (Å²) in [7, 11) is 0. The Bertz CT molecular complexity index is 809. The Labute approximate surface area is 129 Å². The average molecular weight is 293 g/mol. The zero-order valence-electron chi connectivity index (χ0n) is 12.3. The number of aromatic nitrogens is 2. The largest absolute Gasteiger partial charge is 0.508 e.